The molecule has 1 unspecified atom stereocenters. The number of benzene rings is 1. The molecule has 4 heteroatoms. The number of alkyl halides is 3. The third-order valence-electron chi connectivity index (χ3n) is 2.61. The van der Waals surface area contributed by atoms with Crippen LogP contribution in [0.15, 0.2) is 24.3 Å². The van der Waals surface area contributed by atoms with E-state index in [2.05, 4.69) is 5.32 Å². The van der Waals surface area contributed by atoms with Crippen molar-refractivity contribution < 1.29 is 13.2 Å². The molecule has 0 fully saturated rings. The molecule has 1 aromatic carbocycles. The molecule has 0 aliphatic carbocycles. The molecule has 0 aliphatic heterocycles. The van der Waals surface area contributed by atoms with Gasteiger partial charge in [-0.15, -0.1) is 0 Å². The van der Waals surface area contributed by atoms with E-state index in [-0.39, 0.29) is 0 Å². The summed E-state index contributed by atoms with van der Waals surface area (Å²) < 4.78 is 37.3. The Bertz CT molecular complexity index is 333. The Morgan fingerprint density at radius 3 is 2.56 bits per heavy atom. The summed E-state index contributed by atoms with van der Waals surface area (Å²) in [4.78, 5) is 0. The van der Waals surface area contributed by atoms with Crippen molar-refractivity contribution in [2.75, 3.05) is 7.05 Å². The van der Waals surface area contributed by atoms with Crippen LogP contribution in [-0.4, -0.2) is 13.1 Å². The van der Waals surface area contributed by atoms with Crippen LogP contribution in [0, 0.1) is 0 Å². The molecule has 0 spiro atoms. The average Bonchev–Trinajstić information content (AvgIpc) is 2.25. The van der Waals surface area contributed by atoms with E-state index in [4.69, 9.17) is 0 Å². The highest BCUT2D eigenvalue weighted by molar-refractivity contribution is 5.25. The second-order valence-corrected chi connectivity index (χ2v) is 3.93. The van der Waals surface area contributed by atoms with E-state index in [0.717, 1.165) is 18.1 Å². The third-order valence-corrected chi connectivity index (χ3v) is 2.61. The van der Waals surface area contributed by atoms with Crippen molar-refractivity contribution in [1.82, 2.24) is 5.32 Å². The summed E-state index contributed by atoms with van der Waals surface area (Å²) in [6, 6.07) is 5.84. The minimum atomic E-state index is -4.25. The number of nitrogens with one attached hydrogen (secondary N) is 1. The largest absolute Gasteiger partial charge is 0.416 e. The van der Waals surface area contributed by atoms with Crippen LogP contribution in [0.25, 0.3) is 0 Å². The molecule has 0 bridgehead atoms. The van der Waals surface area contributed by atoms with Gasteiger partial charge in [0.2, 0.25) is 0 Å². The van der Waals surface area contributed by atoms with Gasteiger partial charge in [-0.05, 0) is 38.4 Å². The van der Waals surface area contributed by atoms with Crippen LogP contribution in [-0.2, 0) is 12.6 Å². The van der Waals surface area contributed by atoms with Crippen LogP contribution in [0.4, 0.5) is 13.2 Å². The molecular formula is C12H16F3N. The third kappa shape index (κ3) is 3.85. The topological polar surface area (TPSA) is 12.0 Å². The molecule has 1 aromatic rings. The molecule has 0 saturated heterocycles. The quantitative estimate of drug-likeness (QED) is 0.838. The van der Waals surface area contributed by atoms with Gasteiger partial charge in [0.05, 0.1) is 5.56 Å². The highest BCUT2D eigenvalue weighted by Crippen LogP contribution is 2.29. The molecule has 0 saturated carbocycles. The molecule has 1 atom stereocenters. The van der Waals surface area contributed by atoms with Gasteiger partial charge in [0, 0.05) is 6.04 Å². The van der Waals surface area contributed by atoms with Crippen LogP contribution in [0.5, 0.6) is 0 Å². The number of hydrogen-bond acceptors (Lipinski definition) is 1. The van der Waals surface area contributed by atoms with Crippen LogP contribution < -0.4 is 5.32 Å². The summed E-state index contributed by atoms with van der Waals surface area (Å²) >= 11 is 0. The Hall–Kier alpha value is -1.03. The van der Waals surface area contributed by atoms with Gasteiger partial charge in [-0.3, -0.25) is 0 Å². The Labute approximate surface area is 93.7 Å². The first kappa shape index (κ1) is 13.0. The highest BCUT2D eigenvalue weighted by atomic mass is 19.4. The van der Waals surface area contributed by atoms with Gasteiger partial charge in [0.25, 0.3) is 0 Å². The maximum atomic E-state index is 12.4. The average molecular weight is 231 g/mol. The van der Waals surface area contributed by atoms with E-state index in [1.807, 2.05) is 14.0 Å². The number of rotatable bonds is 4. The van der Waals surface area contributed by atoms with Crippen molar-refractivity contribution in [3.63, 3.8) is 0 Å². The number of aryl methyl sites for hydroxylation is 1. The molecule has 1 nitrogen and oxygen atoms in total. The fourth-order valence-electron chi connectivity index (χ4n) is 1.43. The normalized spacial score (nSPS) is 13.8. The van der Waals surface area contributed by atoms with Crippen molar-refractivity contribution in [3.8, 4) is 0 Å². The van der Waals surface area contributed by atoms with Gasteiger partial charge < -0.3 is 5.32 Å². The zero-order valence-corrected chi connectivity index (χ0v) is 9.43. The van der Waals surface area contributed by atoms with E-state index in [0.29, 0.717) is 12.5 Å². The summed E-state index contributed by atoms with van der Waals surface area (Å²) in [6.45, 7) is 2.01. The zero-order valence-electron chi connectivity index (χ0n) is 9.43. The standard InChI is InChI=1S/C12H16F3N/c1-9(16-2)6-7-10-4-3-5-11(8-10)12(13,14)15/h3-5,8-9,16H,6-7H2,1-2H3. The SMILES string of the molecule is CNC(C)CCc1cccc(C(F)(F)F)c1. The molecule has 0 radical (unpaired) electrons. The van der Waals surface area contributed by atoms with Crippen LogP contribution >= 0.6 is 0 Å². The van der Waals surface area contributed by atoms with Crippen LogP contribution in [0.3, 0.4) is 0 Å². The van der Waals surface area contributed by atoms with Crippen LogP contribution in [0.2, 0.25) is 0 Å². The summed E-state index contributed by atoms with van der Waals surface area (Å²) in [5, 5.41) is 3.06. The van der Waals surface area contributed by atoms with Crippen molar-refractivity contribution in [2.45, 2.75) is 32.0 Å². The predicted molar refractivity (Wildman–Crippen MR) is 58.3 cm³/mol. The smallest absolute Gasteiger partial charge is 0.317 e. The lowest BCUT2D eigenvalue weighted by molar-refractivity contribution is -0.137. The van der Waals surface area contributed by atoms with Gasteiger partial charge in [0.15, 0.2) is 0 Å². The zero-order chi connectivity index (χ0) is 12.2. The predicted octanol–water partition coefficient (Wildman–Crippen LogP) is 3.25. The molecular weight excluding hydrogens is 215 g/mol. The lowest BCUT2D eigenvalue weighted by atomic mass is 10.0. The summed E-state index contributed by atoms with van der Waals surface area (Å²) in [5.41, 5.74) is 0.166. The van der Waals surface area contributed by atoms with Crippen LogP contribution in [0.1, 0.15) is 24.5 Å². The first-order chi connectivity index (χ1) is 7.43. The molecule has 1 rings (SSSR count). The Kier molecular flexibility index (Phi) is 4.35. The summed E-state index contributed by atoms with van der Waals surface area (Å²) in [6.07, 6.45) is -2.76. The summed E-state index contributed by atoms with van der Waals surface area (Å²) in [5.74, 6) is 0. The Morgan fingerprint density at radius 1 is 1.31 bits per heavy atom. The van der Waals surface area contributed by atoms with Gasteiger partial charge in [-0.2, -0.15) is 13.2 Å². The fourth-order valence-corrected chi connectivity index (χ4v) is 1.43. The maximum Gasteiger partial charge on any atom is 0.416 e. The summed E-state index contributed by atoms with van der Waals surface area (Å²) in [7, 11) is 1.84. The molecule has 0 aliphatic rings. The van der Waals surface area contributed by atoms with E-state index in [9.17, 15) is 13.2 Å². The van der Waals surface area contributed by atoms with Crippen molar-refractivity contribution in [3.05, 3.63) is 35.4 Å². The molecule has 0 aromatic heterocycles. The minimum Gasteiger partial charge on any atom is -0.317 e. The van der Waals surface area contributed by atoms with Crippen molar-refractivity contribution in [2.24, 2.45) is 0 Å². The first-order valence-electron chi connectivity index (χ1n) is 5.27. The van der Waals surface area contributed by atoms with Gasteiger partial charge in [0.1, 0.15) is 0 Å². The van der Waals surface area contributed by atoms with Gasteiger partial charge in [-0.1, -0.05) is 18.2 Å². The lowest BCUT2D eigenvalue weighted by Crippen LogP contribution is -2.21. The van der Waals surface area contributed by atoms with Crippen molar-refractivity contribution in [1.29, 1.82) is 0 Å². The molecule has 0 heterocycles. The first-order valence-corrected chi connectivity index (χ1v) is 5.27. The van der Waals surface area contributed by atoms with E-state index in [1.54, 1.807) is 6.07 Å². The van der Waals surface area contributed by atoms with Gasteiger partial charge >= 0.3 is 6.18 Å². The molecule has 90 valence electrons. The molecule has 0 amide bonds. The fraction of sp³-hybridized carbons (Fsp3) is 0.500. The van der Waals surface area contributed by atoms with E-state index >= 15 is 0 Å². The number of hydrogen-bond donors (Lipinski definition) is 1. The van der Waals surface area contributed by atoms with Crippen molar-refractivity contribution >= 4 is 0 Å². The monoisotopic (exact) mass is 231 g/mol. The second-order valence-electron chi connectivity index (χ2n) is 3.93. The minimum absolute atomic E-state index is 0.314. The highest BCUT2D eigenvalue weighted by Gasteiger charge is 2.30. The van der Waals surface area contributed by atoms with E-state index < -0.39 is 11.7 Å². The Balaban J connectivity index is 2.68. The van der Waals surface area contributed by atoms with Gasteiger partial charge in [-0.25, -0.2) is 0 Å². The second kappa shape index (κ2) is 5.34. The molecule has 1 N–H and O–H groups in total. The Morgan fingerprint density at radius 2 is 2.00 bits per heavy atom. The maximum absolute atomic E-state index is 12.4. The number of halogens is 3. The lowest BCUT2D eigenvalue weighted by Gasteiger charge is -2.11. The van der Waals surface area contributed by atoms with E-state index in [1.165, 1.54) is 12.1 Å². The molecule has 16 heavy (non-hydrogen) atoms.